The van der Waals surface area contributed by atoms with E-state index in [2.05, 4.69) is 103 Å². The molecular formula is C21H25F3N2O3S3Si. The average Bonchev–Trinajstić information content (AvgIpc) is 3.13. The molecule has 12 heteroatoms. The van der Waals surface area contributed by atoms with Gasteiger partial charge in [0.15, 0.2) is 35.9 Å². The maximum Gasteiger partial charge on any atom is 0.485 e. The highest BCUT2D eigenvalue weighted by atomic mass is 32.4. The van der Waals surface area contributed by atoms with Gasteiger partial charge >= 0.3 is 5.51 Å². The lowest BCUT2D eigenvalue weighted by Gasteiger charge is -2.43. The second kappa shape index (κ2) is 10.7. The van der Waals surface area contributed by atoms with Crippen molar-refractivity contribution in [1.29, 1.82) is 0 Å². The van der Waals surface area contributed by atoms with Crippen LogP contribution in [0.15, 0.2) is 66.0 Å². The number of nitrogens with zero attached hydrogens (tertiary/aromatic N) is 2. The predicted octanol–water partition coefficient (Wildman–Crippen LogP) is 3.81. The Morgan fingerprint density at radius 2 is 1.42 bits per heavy atom. The Morgan fingerprint density at radius 1 is 1.00 bits per heavy atom. The highest BCUT2D eigenvalue weighted by Crippen LogP contribution is 2.44. The molecule has 0 saturated carbocycles. The van der Waals surface area contributed by atoms with Crippen LogP contribution in [0.5, 0.6) is 0 Å². The average molecular weight is 535 g/mol. The summed E-state index contributed by atoms with van der Waals surface area (Å²) in [6.45, 7) is 7.19. The summed E-state index contributed by atoms with van der Waals surface area (Å²) in [5.74, 6) is 0.949. The van der Waals surface area contributed by atoms with Crippen molar-refractivity contribution in [2.24, 2.45) is 7.05 Å². The van der Waals surface area contributed by atoms with Crippen LogP contribution < -0.4 is 14.4 Å². The van der Waals surface area contributed by atoms with E-state index < -0.39 is 22.8 Å². The fourth-order valence-corrected chi connectivity index (χ4v) is 12.9. The molecule has 0 N–H and O–H groups in total. The number of aromatic nitrogens is 2. The molecule has 0 aliphatic carbocycles. The summed E-state index contributed by atoms with van der Waals surface area (Å²) < 4.78 is 60.8. The third kappa shape index (κ3) is 6.88. The van der Waals surface area contributed by atoms with Gasteiger partial charge in [0.25, 0.3) is 0 Å². The van der Waals surface area contributed by atoms with Crippen molar-refractivity contribution in [2.45, 2.75) is 37.1 Å². The summed E-state index contributed by atoms with van der Waals surface area (Å²) in [7, 11) is -6.14. The first kappa shape index (κ1) is 27.5. The highest BCUT2D eigenvalue weighted by Gasteiger charge is 2.48. The maximum atomic E-state index is 10.7. The molecule has 1 aromatic heterocycles. The second-order valence-corrected chi connectivity index (χ2v) is 17.8. The Hall–Kier alpha value is -1.73. The van der Waals surface area contributed by atoms with Crippen LogP contribution in [0.2, 0.25) is 5.04 Å². The lowest BCUT2D eigenvalue weighted by Crippen LogP contribution is -2.61. The van der Waals surface area contributed by atoms with Crippen molar-refractivity contribution in [3.63, 3.8) is 0 Å². The molecule has 0 fully saturated rings. The molecule has 3 rings (SSSR count). The van der Waals surface area contributed by atoms with E-state index in [1.54, 1.807) is 11.5 Å². The molecule has 180 valence electrons. The number of hydrogen-bond donors (Lipinski definition) is 0. The van der Waals surface area contributed by atoms with E-state index in [4.69, 9.17) is 13.0 Å². The zero-order valence-electron chi connectivity index (χ0n) is 18.5. The third-order valence-corrected chi connectivity index (χ3v) is 16.3. The molecule has 0 radical (unpaired) electrons. The summed E-state index contributed by atoms with van der Waals surface area (Å²) in [5, 5.41) is 9.94. The molecule has 33 heavy (non-hydrogen) atoms. The second-order valence-electron chi connectivity index (χ2n) is 8.13. The fraction of sp³-hybridized carbons (Fsp3) is 0.333. The minimum Gasteiger partial charge on any atom is -0.741 e. The van der Waals surface area contributed by atoms with Crippen molar-refractivity contribution < 1.29 is 30.2 Å². The van der Waals surface area contributed by atoms with E-state index in [0.29, 0.717) is 0 Å². The quantitative estimate of drug-likeness (QED) is 0.215. The fourth-order valence-electron chi connectivity index (χ4n) is 3.37. The van der Waals surface area contributed by atoms with Crippen molar-refractivity contribution >= 4 is 50.5 Å². The normalized spacial score (nSPS) is 12.7. The van der Waals surface area contributed by atoms with E-state index in [9.17, 15) is 13.2 Å². The summed E-state index contributed by atoms with van der Waals surface area (Å²) in [6.07, 6.45) is 0. The van der Waals surface area contributed by atoms with E-state index in [0.717, 1.165) is 5.75 Å². The largest absolute Gasteiger partial charge is 0.741 e. The van der Waals surface area contributed by atoms with Crippen LogP contribution in [0.25, 0.3) is 0 Å². The first-order valence-corrected chi connectivity index (χ1v) is 15.7. The van der Waals surface area contributed by atoms with Gasteiger partial charge in [-0.25, -0.2) is 8.42 Å². The standard InChI is InChI=1S/C20H25N2S2Si.CHF3O3S/c1-20(2,3)25(18-11-7-5-8-12-18,19-13-9-6-10-14-19)24-16-17-15-23-22(4)21-17;2-1(3,4)8(5,6)7/h5-15H,16H2,1-4H3;(H,5,6,7)/q+1;/p-1. The van der Waals surface area contributed by atoms with Crippen LogP contribution in [-0.4, -0.2) is 30.8 Å². The van der Waals surface area contributed by atoms with Gasteiger partial charge in [0, 0.05) is 10.9 Å². The lowest BCUT2D eigenvalue weighted by molar-refractivity contribution is -0.663. The SMILES string of the molecule is C[n+]1nc(CS[Si](c2ccccc2)(c2ccccc2)C(C)(C)C)cs1.O=S(=O)([O-])C(F)(F)F. The Morgan fingerprint density at radius 3 is 1.73 bits per heavy atom. The minimum atomic E-state index is -6.09. The molecular weight excluding hydrogens is 510 g/mol. The highest BCUT2D eigenvalue weighted by molar-refractivity contribution is 8.31. The Bertz CT molecular complexity index is 1090. The van der Waals surface area contributed by atoms with Crippen LogP contribution in [0.1, 0.15) is 26.5 Å². The van der Waals surface area contributed by atoms with Crippen LogP contribution in [0.4, 0.5) is 13.2 Å². The number of alkyl halides is 3. The number of rotatable bonds is 5. The van der Waals surface area contributed by atoms with Crippen molar-refractivity contribution in [1.82, 2.24) is 5.10 Å². The maximum absolute atomic E-state index is 10.7. The molecule has 0 aliphatic heterocycles. The van der Waals surface area contributed by atoms with Gasteiger partial charge in [-0.3, -0.25) is 0 Å². The molecule has 0 atom stereocenters. The smallest absolute Gasteiger partial charge is 0.485 e. The molecule has 1 heterocycles. The number of hydrogen-bond acceptors (Lipinski definition) is 6. The van der Waals surface area contributed by atoms with Gasteiger partial charge in [-0.1, -0.05) is 81.4 Å². The van der Waals surface area contributed by atoms with Crippen molar-refractivity contribution in [3.8, 4) is 0 Å². The van der Waals surface area contributed by atoms with Gasteiger partial charge in [0.05, 0.1) is 5.38 Å². The lowest BCUT2D eigenvalue weighted by atomic mass is 10.2. The monoisotopic (exact) mass is 534 g/mol. The van der Waals surface area contributed by atoms with Gasteiger partial charge < -0.3 is 4.55 Å². The molecule has 0 amide bonds. The van der Waals surface area contributed by atoms with E-state index in [-0.39, 0.29) is 5.04 Å². The molecule has 0 bridgehead atoms. The van der Waals surface area contributed by atoms with E-state index >= 15 is 0 Å². The predicted molar refractivity (Wildman–Crippen MR) is 128 cm³/mol. The van der Waals surface area contributed by atoms with Gasteiger partial charge in [-0.15, -0.1) is 0 Å². The van der Waals surface area contributed by atoms with Gasteiger partial charge in [-0.2, -0.15) is 24.4 Å². The van der Waals surface area contributed by atoms with Gasteiger partial charge in [-0.05, 0) is 19.5 Å². The molecule has 2 aromatic carbocycles. The zero-order chi connectivity index (χ0) is 24.9. The van der Waals surface area contributed by atoms with E-state index in [1.807, 2.05) is 11.1 Å². The van der Waals surface area contributed by atoms with Crippen LogP contribution in [-0.2, 0) is 22.9 Å². The summed E-state index contributed by atoms with van der Waals surface area (Å²) in [4.78, 5) is 0. The van der Waals surface area contributed by atoms with Crippen molar-refractivity contribution in [2.75, 3.05) is 0 Å². The van der Waals surface area contributed by atoms with Crippen molar-refractivity contribution in [3.05, 3.63) is 71.7 Å². The molecule has 5 nitrogen and oxygen atoms in total. The number of benzene rings is 2. The Labute approximate surface area is 201 Å². The molecule has 3 aromatic rings. The molecule has 0 spiro atoms. The molecule has 0 aliphatic rings. The Balaban J connectivity index is 0.000000414. The summed E-state index contributed by atoms with van der Waals surface area (Å²) in [6, 6.07) is 22.2. The summed E-state index contributed by atoms with van der Waals surface area (Å²) >= 11 is 3.78. The van der Waals surface area contributed by atoms with Gasteiger partial charge in [0.2, 0.25) is 0 Å². The van der Waals surface area contributed by atoms with Crippen LogP contribution in [0, 0.1) is 0 Å². The first-order chi connectivity index (χ1) is 15.2. The minimum absolute atomic E-state index is 0.179. The Kier molecular flexibility index (Phi) is 8.90. The molecule has 0 saturated heterocycles. The topological polar surface area (TPSA) is 74.0 Å². The summed E-state index contributed by atoms with van der Waals surface area (Å²) in [5.41, 5.74) is -4.47. The van der Waals surface area contributed by atoms with Crippen LogP contribution in [0.3, 0.4) is 0 Å². The first-order valence-electron chi connectivity index (χ1n) is 9.77. The number of aryl methyl sites for hydroxylation is 1. The van der Waals surface area contributed by atoms with E-state index in [1.165, 1.54) is 16.1 Å². The third-order valence-electron chi connectivity index (χ3n) is 4.75. The number of halogens is 3. The zero-order valence-corrected chi connectivity index (χ0v) is 22.0. The van der Waals surface area contributed by atoms with Gasteiger partial charge in [0.1, 0.15) is 5.69 Å². The van der Waals surface area contributed by atoms with Crippen LogP contribution >= 0.6 is 22.7 Å². The molecule has 0 unspecified atom stereocenters.